The van der Waals surface area contributed by atoms with Crippen LogP contribution in [0.3, 0.4) is 0 Å². The quantitative estimate of drug-likeness (QED) is 0.750. The van der Waals surface area contributed by atoms with Gasteiger partial charge in [-0.15, -0.1) is 11.3 Å². The number of benzene rings is 1. The standard InChI is InChI=1S/C21H23N3O2S/c1-12-8-9-15-17(10-12)27-20-19(15)21(26)24(14(3)22-20)11-18(25)23-16-7-5-4-6-13(16)2/h4-7,12H,8-11H2,1-3H3,(H,23,25). The number of carbonyl (C=O) groups excluding carboxylic acids is 1. The zero-order chi connectivity index (χ0) is 19.1. The van der Waals surface area contributed by atoms with E-state index in [4.69, 9.17) is 0 Å². The first-order valence-corrected chi connectivity index (χ1v) is 10.1. The van der Waals surface area contributed by atoms with Crippen LogP contribution in [0.25, 0.3) is 10.2 Å². The van der Waals surface area contributed by atoms with Crippen molar-refractivity contribution in [3.63, 3.8) is 0 Å². The minimum atomic E-state index is -0.214. The second-order valence-corrected chi connectivity index (χ2v) is 8.53. The predicted octanol–water partition coefficient (Wildman–Crippen LogP) is 3.84. The number of aromatic nitrogens is 2. The average Bonchev–Trinajstić information content (AvgIpc) is 2.97. The Balaban J connectivity index is 1.69. The van der Waals surface area contributed by atoms with Crippen LogP contribution in [0.4, 0.5) is 5.69 Å². The molecule has 0 radical (unpaired) electrons. The number of para-hydroxylation sites is 1. The summed E-state index contributed by atoms with van der Waals surface area (Å²) in [5.41, 5.74) is 2.82. The third kappa shape index (κ3) is 3.30. The van der Waals surface area contributed by atoms with E-state index < -0.39 is 0 Å². The van der Waals surface area contributed by atoms with E-state index in [9.17, 15) is 9.59 Å². The van der Waals surface area contributed by atoms with Gasteiger partial charge in [0, 0.05) is 10.6 Å². The number of hydrogen-bond donors (Lipinski definition) is 1. The molecular weight excluding hydrogens is 358 g/mol. The zero-order valence-electron chi connectivity index (χ0n) is 15.8. The molecule has 2 heterocycles. The van der Waals surface area contributed by atoms with Crippen LogP contribution >= 0.6 is 11.3 Å². The van der Waals surface area contributed by atoms with Crippen LogP contribution in [0.1, 0.15) is 35.2 Å². The van der Waals surface area contributed by atoms with Crippen LogP contribution in [0, 0.1) is 19.8 Å². The van der Waals surface area contributed by atoms with Gasteiger partial charge in [0.15, 0.2) is 0 Å². The van der Waals surface area contributed by atoms with Gasteiger partial charge < -0.3 is 5.32 Å². The van der Waals surface area contributed by atoms with Gasteiger partial charge in [0.25, 0.3) is 5.56 Å². The molecule has 0 spiro atoms. The number of aryl methyl sites for hydroxylation is 3. The highest BCUT2D eigenvalue weighted by molar-refractivity contribution is 7.18. The highest BCUT2D eigenvalue weighted by atomic mass is 32.1. The number of rotatable bonds is 3. The Kier molecular flexibility index (Phi) is 4.60. The van der Waals surface area contributed by atoms with Gasteiger partial charge in [0.05, 0.1) is 5.39 Å². The Morgan fingerprint density at radius 2 is 2.11 bits per heavy atom. The van der Waals surface area contributed by atoms with Crippen molar-refractivity contribution >= 4 is 33.1 Å². The Morgan fingerprint density at radius 1 is 1.33 bits per heavy atom. The molecule has 0 saturated heterocycles. The van der Waals surface area contributed by atoms with Gasteiger partial charge in [0.2, 0.25) is 5.91 Å². The van der Waals surface area contributed by atoms with E-state index in [2.05, 4.69) is 17.2 Å². The molecule has 0 bridgehead atoms. The predicted molar refractivity (Wildman–Crippen MR) is 110 cm³/mol. The molecule has 6 heteroatoms. The normalized spacial score (nSPS) is 16.3. The van der Waals surface area contributed by atoms with Crippen LogP contribution in [0.15, 0.2) is 29.1 Å². The van der Waals surface area contributed by atoms with Crippen molar-refractivity contribution in [1.82, 2.24) is 9.55 Å². The molecule has 1 aliphatic rings. The molecule has 1 unspecified atom stereocenters. The summed E-state index contributed by atoms with van der Waals surface area (Å²) in [5, 5.41) is 3.62. The highest BCUT2D eigenvalue weighted by Crippen LogP contribution is 2.35. The molecule has 3 aromatic rings. The fourth-order valence-corrected chi connectivity index (χ4v) is 5.18. The Bertz CT molecular complexity index is 1100. The van der Waals surface area contributed by atoms with E-state index in [0.717, 1.165) is 46.3 Å². The van der Waals surface area contributed by atoms with Gasteiger partial charge in [-0.3, -0.25) is 14.2 Å². The van der Waals surface area contributed by atoms with Crippen molar-refractivity contribution in [3.8, 4) is 0 Å². The lowest BCUT2D eigenvalue weighted by atomic mass is 9.89. The summed E-state index contributed by atoms with van der Waals surface area (Å²) in [4.78, 5) is 32.5. The molecule has 0 aliphatic heterocycles. The van der Waals surface area contributed by atoms with Crippen LogP contribution in [-0.2, 0) is 24.2 Å². The van der Waals surface area contributed by atoms with Gasteiger partial charge in [-0.2, -0.15) is 0 Å². The maximum Gasteiger partial charge on any atom is 0.263 e. The fourth-order valence-electron chi connectivity index (χ4n) is 3.76. The topological polar surface area (TPSA) is 64.0 Å². The van der Waals surface area contributed by atoms with Gasteiger partial charge in [-0.05, 0) is 56.2 Å². The van der Waals surface area contributed by atoms with Crippen LogP contribution in [-0.4, -0.2) is 15.5 Å². The van der Waals surface area contributed by atoms with Gasteiger partial charge in [-0.25, -0.2) is 4.98 Å². The average molecular weight is 382 g/mol. The minimum absolute atomic E-state index is 0.0248. The number of carbonyl (C=O) groups is 1. The fraction of sp³-hybridized carbons (Fsp3) is 0.381. The summed E-state index contributed by atoms with van der Waals surface area (Å²) in [6.07, 6.45) is 3.04. The summed E-state index contributed by atoms with van der Waals surface area (Å²) in [6.45, 7) is 5.96. The van der Waals surface area contributed by atoms with E-state index in [-0.39, 0.29) is 18.0 Å². The van der Waals surface area contributed by atoms with E-state index in [1.54, 1.807) is 18.3 Å². The molecule has 1 N–H and O–H groups in total. The minimum Gasteiger partial charge on any atom is -0.324 e. The third-order valence-corrected chi connectivity index (χ3v) is 6.48. The van der Waals surface area contributed by atoms with Crippen LogP contribution in [0.5, 0.6) is 0 Å². The van der Waals surface area contributed by atoms with Crippen LogP contribution < -0.4 is 10.9 Å². The SMILES string of the molecule is Cc1ccccc1NC(=O)Cn1c(C)nc2sc3c(c2c1=O)CCC(C)C3. The first-order valence-electron chi connectivity index (χ1n) is 9.31. The number of hydrogen-bond acceptors (Lipinski definition) is 4. The largest absolute Gasteiger partial charge is 0.324 e. The molecule has 0 saturated carbocycles. The lowest BCUT2D eigenvalue weighted by molar-refractivity contribution is -0.116. The molecule has 0 fully saturated rings. The van der Waals surface area contributed by atoms with E-state index in [1.807, 2.05) is 31.2 Å². The van der Waals surface area contributed by atoms with Crippen molar-refractivity contribution in [2.75, 3.05) is 5.32 Å². The number of amides is 1. The maximum atomic E-state index is 13.2. The Morgan fingerprint density at radius 3 is 2.89 bits per heavy atom. The first kappa shape index (κ1) is 17.9. The number of nitrogens with zero attached hydrogens (tertiary/aromatic N) is 2. The third-order valence-electron chi connectivity index (χ3n) is 5.33. The summed E-state index contributed by atoms with van der Waals surface area (Å²) in [7, 11) is 0. The van der Waals surface area contributed by atoms with E-state index in [0.29, 0.717) is 11.7 Å². The number of thiophene rings is 1. The second-order valence-electron chi connectivity index (χ2n) is 7.45. The zero-order valence-corrected chi connectivity index (χ0v) is 16.7. The summed E-state index contributed by atoms with van der Waals surface area (Å²) in [6, 6.07) is 7.62. The molecule has 1 amide bonds. The van der Waals surface area contributed by atoms with Gasteiger partial charge in [0.1, 0.15) is 17.2 Å². The number of nitrogens with one attached hydrogen (secondary N) is 1. The highest BCUT2D eigenvalue weighted by Gasteiger charge is 2.24. The summed E-state index contributed by atoms with van der Waals surface area (Å²) >= 11 is 1.64. The van der Waals surface area contributed by atoms with Crippen LogP contribution in [0.2, 0.25) is 0 Å². The molecule has 4 rings (SSSR count). The molecule has 2 aromatic heterocycles. The van der Waals surface area contributed by atoms with Crippen molar-refractivity contribution in [3.05, 3.63) is 56.4 Å². The van der Waals surface area contributed by atoms with E-state index >= 15 is 0 Å². The lowest BCUT2D eigenvalue weighted by Crippen LogP contribution is -2.30. The summed E-state index contributed by atoms with van der Waals surface area (Å²) < 4.78 is 1.50. The number of fused-ring (bicyclic) bond motifs is 3. The van der Waals surface area contributed by atoms with Crippen molar-refractivity contribution in [2.24, 2.45) is 5.92 Å². The molecule has 27 heavy (non-hydrogen) atoms. The second kappa shape index (κ2) is 6.93. The lowest BCUT2D eigenvalue weighted by Gasteiger charge is -2.17. The van der Waals surface area contributed by atoms with E-state index in [1.165, 1.54) is 9.44 Å². The smallest absolute Gasteiger partial charge is 0.263 e. The van der Waals surface area contributed by atoms with Crippen molar-refractivity contribution < 1.29 is 4.79 Å². The molecule has 140 valence electrons. The molecule has 1 atom stereocenters. The molecule has 1 aromatic carbocycles. The molecule has 1 aliphatic carbocycles. The summed E-state index contributed by atoms with van der Waals surface area (Å²) in [5.74, 6) is 1.02. The Labute approximate surface area is 162 Å². The molecular formula is C21H23N3O2S. The monoisotopic (exact) mass is 381 g/mol. The molecule has 5 nitrogen and oxygen atoms in total. The van der Waals surface area contributed by atoms with Crippen molar-refractivity contribution in [1.29, 1.82) is 0 Å². The first-order chi connectivity index (χ1) is 12.9. The number of anilines is 1. The Hall–Kier alpha value is -2.47. The maximum absolute atomic E-state index is 13.2. The van der Waals surface area contributed by atoms with Gasteiger partial charge in [-0.1, -0.05) is 25.1 Å². The van der Waals surface area contributed by atoms with Gasteiger partial charge >= 0.3 is 0 Å². The van der Waals surface area contributed by atoms with Crippen molar-refractivity contribution in [2.45, 2.75) is 46.6 Å².